The average Bonchev–Trinajstić information content (AvgIpc) is 2.98. The van der Waals surface area contributed by atoms with Gasteiger partial charge in [-0.2, -0.15) is 5.10 Å². The van der Waals surface area contributed by atoms with E-state index in [9.17, 15) is 4.79 Å². The summed E-state index contributed by atoms with van der Waals surface area (Å²) in [5.41, 5.74) is 2.16. The van der Waals surface area contributed by atoms with Gasteiger partial charge in [-0.1, -0.05) is 18.2 Å². The Morgan fingerprint density at radius 1 is 1.05 bits per heavy atom. The molecule has 1 aliphatic rings. The van der Waals surface area contributed by atoms with Crippen LogP contribution in [0.5, 0.6) is 0 Å². The molecule has 2 heterocycles. The summed E-state index contributed by atoms with van der Waals surface area (Å²) in [4.78, 5) is 15.5. The Labute approximate surface area is 118 Å². The van der Waals surface area contributed by atoms with E-state index in [1.54, 1.807) is 6.92 Å². The molecule has 0 unspecified atom stereocenters. The first kappa shape index (κ1) is 12.7. The van der Waals surface area contributed by atoms with Crippen LogP contribution in [0.4, 0.5) is 5.69 Å². The number of benzene rings is 1. The zero-order chi connectivity index (χ0) is 13.9. The third-order valence-electron chi connectivity index (χ3n) is 3.68. The minimum Gasteiger partial charge on any atom is -0.365 e. The highest BCUT2D eigenvalue weighted by Gasteiger charge is 2.19. The van der Waals surface area contributed by atoms with E-state index in [0.717, 1.165) is 37.6 Å². The summed E-state index contributed by atoms with van der Waals surface area (Å²) in [5.74, 6) is 0.157. The van der Waals surface area contributed by atoms with Gasteiger partial charge < -0.3 is 9.80 Å². The Morgan fingerprint density at radius 2 is 1.75 bits per heavy atom. The molecular weight excluding hydrogens is 252 g/mol. The summed E-state index contributed by atoms with van der Waals surface area (Å²) in [5, 5.41) is 4.41. The SMILES string of the molecule is CC(=O)N1CCN(c2cnn(-c3ccccc3)c2)CC1. The third kappa shape index (κ3) is 2.52. The Morgan fingerprint density at radius 3 is 2.40 bits per heavy atom. The fraction of sp³-hybridized carbons (Fsp3) is 0.333. The quantitative estimate of drug-likeness (QED) is 0.831. The Balaban J connectivity index is 1.71. The molecule has 1 aliphatic heterocycles. The maximum absolute atomic E-state index is 11.3. The molecule has 0 spiro atoms. The zero-order valence-electron chi connectivity index (χ0n) is 11.6. The number of aromatic nitrogens is 2. The highest BCUT2D eigenvalue weighted by molar-refractivity contribution is 5.73. The lowest BCUT2D eigenvalue weighted by Crippen LogP contribution is -2.48. The first-order chi connectivity index (χ1) is 9.74. The summed E-state index contributed by atoms with van der Waals surface area (Å²) in [6.45, 7) is 4.92. The summed E-state index contributed by atoms with van der Waals surface area (Å²) >= 11 is 0. The van der Waals surface area contributed by atoms with Crippen molar-refractivity contribution in [3.63, 3.8) is 0 Å². The van der Waals surface area contributed by atoms with Crippen LogP contribution in [0.3, 0.4) is 0 Å². The van der Waals surface area contributed by atoms with Gasteiger partial charge in [-0.3, -0.25) is 4.79 Å². The van der Waals surface area contributed by atoms with Crippen molar-refractivity contribution in [2.24, 2.45) is 0 Å². The molecule has 0 N–H and O–H groups in total. The normalized spacial score (nSPS) is 15.4. The molecule has 0 aliphatic carbocycles. The van der Waals surface area contributed by atoms with Gasteiger partial charge in [0, 0.05) is 33.1 Å². The average molecular weight is 270 g/mol. The van der Waals surface area contributed by atoms with Crippen molar-refractivity contribution in [3.05, 3.63) is 42.7 Å². The number of piperazine rings is 1. The predicted molar refractivity (Wildman–Crippen MR) is 78.0 cm³/mol. The Kier molecular flexibility index (Phi) is 3.41. The molecule has 1 saturated heterocycles. The zero-order valence-corrected chi connectivity index (χ0v) is 11.6. The van der Waals surface area contributed by atoms with Gasteiger partial charge in [0.1, 0.15) is 0 Å². The van der Waals surface area contributed by atoms with Crippen LogP contribution < -0.4 is 4.90 Å². The van der Waals surface area contributed by atoms with Crippen LogP contribution >= 0.6 is 0 Å². The van der Waals surface area contributed by atoms with Crippen LogP contribution in [0.15, 0.2) is 42.7 Å². The Bertz CT molecular complexity index is 585. The van der Waals surface area contributed by atoms with Crippen LogP contribution in [0, 0.1) is 0 Å². The molecule has 0 saturated carbocycles. The van der Waals surface area contributed by atoms with Crippen LogP contribution in [0.2, 0.25) is 0 Å². The minimum absolute atomic E-state index is 0.157. The van der Waals surface area contributed by atoms with E-state index in [0.29, 0.717) is 0 Å². The molecule has 0 bridgehead atoms. The molecule has 0 radical (unpaired) electrons. The van der Waals surface area contributed by atoms with Crippen molar-refractivity contribution in [2.75, 3.05) is 31.1 Å². The second-order valence-corrected chi connectivity index (χ2v) is 4.97. The molecule has 1 aromatic heterocycles. The molecule has 2 aromatic rings. The number of anilines is 1. The molecule has 1 aromatic carbocycles. The van der Waals surface area contributed by atoms with E-state index < -0.39 is 0 Å². The number of hydrogen-bond donors (Lipinski definition) is 0. The number of amides is 1. The van der Waals surface area contributed by atoms with Crippen molar-refractivity contribution < 1.29 is 4.79 Å². The minimum atomic E-state index is 0.157. The summed E-state index contributed by atoms with van der Waals surface area (Å²) in [6.07, 6.45) is 3.93. The van der Waals surface area contributed by atoms with Crippen molar-refractivity contribution >= 4 is 11.6 Å². The monoisotopic (exact) mass is 270 g/mol. The number of carbonyl (C=O) groups excluding carboxylic acids is 1. The fourth-order valence-electron chi connectivity index (χ4n) is 2.48. The van der Waals surface area contributed by atoms with E-state index in [2.05, 4.69) is 10.00 Å². The summed E-state index contributed by atoms with van der Waals surface area (Å²) < 4.78 is 1.88. The van der Waals surface area contributed by atoms with Gasteiger partial charge in [0.15, 0.2) is 0 Å². The first-order valence-electron chi connectivity index (χ1n) is 6.84. The molecular formula is C15H18N4O. The largest absolute Gasteiger partial charge is 0.365 e. The van der Waals surface area contributed by atoms with Gasteiger partial charge in [0.2, 0.25) is 5.91 Å². The molecule has 5 nitrogen and oxygen atoms in total. The number of nitrogens with zero attached hydrogens (tertiary/aromatic N) is 4. The highest BCUT2D eigenvalue weighted by atomic mass is 16.2. The molecule has 5 heteroatoms. The van der Waals surface area contributed by atoms with E-state index >= 15 is 0 Å². The second-order valence-electron chi connectivity index (χ2n) is 4.97. The molecule has 1 fully saturated rings. The highest BCUT2D eigenvalue weighted by Crippen LogP contribution is 2.17. The van der Waals surface area contributed by atoms with Gasteiger partial charge in [-0.25, -0.2) is 4.68 Å². The predicted octanol–water partition coefficient (Wildman–Crippen LogP) is 1.54. The Hall–Kier alpha value is -2.30. The van der Waals surface area contributed by atoms with E-state index in [1.807, 2.05) is 52.3 Å². The number of hydrogen-bond acceptors (Lipinski definition) is 3. The van der Waals surface area contributed by atoms with Crippen LogP contribution in [0.1, 0.15) is 6.92 Å². The van der Waals surface area contributed by atoms with E-state index in [1.165, 1.54) is 0 Å². The van der Waals surface area contributed by atoms with Gasteiger partial charge >= 0.3 is 0 Å². The van der Waals surface area contributed by atoms with Gasteiger partial charge in [-0.05, 0) is 12.1 Å². The van der Waals surface area contributed by atoms with Gasteiger partial charge in [0.25, 0.3) is 0 Å². The molecule has 1 amide bonds. The standard InChI is InChI=1S/C15H18N4O/c1-13(20)17-7-9-18(10-8-17)15-11-16-19(12-15)14-5-3-2-4-6-14/h2-6,11-12H,7-10H2,1H3. The smallest absolute Gasteiger partial charge is 0.219 e. The van der Waals surface area contributed by atoms with Crippen LogP contribution in [-0.4, -0.2) is 46.8 Å². The lowest BCUT2D eigenvalue weighted by molar-refractivity contribution is -0.129. The number of para-hydroxylation sites is 1. The molecule has 3 rings (SSSR count). The molecule has 0 atom stereocenters. The summed E-state index contributed by atoms with van der Waals surface area (Å²) in [6, 6.07) is 10.1. The van der Waals surface area contributed by atoms with Gasteiger partial charge in [-0.15, -0.1) is 0 Å². The fourth-order valence-corrected chi connectivity index (χ4v) is 2.48. The van der Waals surface area contributed by atoms with E-state index in [-0.39, 0.29) is 5.91 Å². The maximum atomic E-state index is 11.3. The first-order valence-corrected chi connectivity index (χ1v) is 6.84. The summed E-state index contributed by atoms with van der Waals surface area (Å²) in [7, 11) is 0. The molecule has 20 heavy (non-hydrogen) atoms. The van der Waals surface area contributed by atoms with Crippen molar-refractivity contribution in [1.29, 1.82) is 0 Å². The second kappa shape index (κ2) is 5.36. The lowest BCUT2D eigenvalue weighted by atomic mass is 10.3. The molecule has 104 valence electrons. The van der Waals surface area contributed by atoms with Crippen molar-refractivity contribution in [1.82, 2.24) is 14.7 Å². The number of carbonyl (C=O) groups is 1. The lowest BCUT2D eigenvalue weighted by Gasteiger charge is -2.34. The maximum Gasteiger partial charge on any atom is 0.219 e. The van der Waals surface area contributed by atoms with Gasteiger partial charge in [0.05, 0.1) is 23.8 Å². The van der Waals surface area contributed by atoms with Crippen molar-refractivity contribution in [3.8, 4) is 5.69 Å². The number of rotatable bonds is 2. The topological polar surface area (TPSA) is 41.4 Å². The third-order valence-corrected chi connectivity index (χ3v) is 3.68. The van der Waals surface area contributed by atoms with Crippen LogP contribution in [0.25, 0.3) is 5.69 Å². The van der Waals surface area contributed by atoms with E-state index in [4.69, 9.17) is 0 Å². The van der Waals surface area contributed by atoms with Crippen LogP contribution in [-0.2, 0) is 4.79 Å². The van der Waals surface area contributed by atoms with Crippen molar-refractivity contribution in [2.45, 2.75) is 6.92 Å².